The van der Waals surface area contributed by atoms with E-state index in [2.05, 4.69) is 34.4 Å². The molecule has 2 aromatic rings. The predicted molar refractivity (Wildman–Crippen MR) is 59.0 cm³/mol. The minimum Gasteiger partial charge on any atom is -0.288 e. The summed E-state index contributed by atoms with van der Waals surface area (Å²) >= 11 is 0. The Labute approximate surface area is 89.2 Å². The monoisotopic (exact) mass is 201 g/mol. The van der Waals surface area contributed by atoms with Crippen LogP contribution in [-0.4, -0.2) is 14.4 Å². The first kappa shape index (κ1) is 8.89. The van der Waals surface area contributed by atoms with Crippen LogP contribution in [0, 0.1) is 0 Å². The molecule has 78 valence electrons. The summed E-state index contributed by atoms with van der Waals surface area (Å²) in [6, 6.07) is 1.97. The minimum absolute atomic E-state index is 0.210. The van der Waals surface area contributed by atoms with Crippen LogP contribution in [0.4, 0.5) is 0 Å². The van der Waals surface area contributed by atoms with Crippen LogP contribution in [0.15, 0.2) is 18.5 Å². The number of hydrogen-bond acceptors (Lipinski definition) is 2. The van der Waals surface area contributed by atoms with Crippen molar-refractivity contribution in [3.05, 3.63) is 29.8 Å². The Kier molecular flexibility index (Phi) is 1.67. The highest BCUT2D eigenvalue weighted by Gasteiger charge is 2.31. The van der Waals surface area contributed by atoms with Gasteiger partial charge in [0, 0.05) is 23.5 Å². The second-order valence-corrected chi connectivity index (χ2v) is 4.93. The van der Waals surface area contributed by atoms with Gasteiger partial charge in [0.15, 0.2) is 0 Å². The molecule has 1 aliphatic carbocycles. The van der Waals surface area contributed by atoms with Crippen molar-refractivity contribution in [2.24, 2.45) is 0 Å². The molecule has 0 aromatic carbocycles. The standard InChI is InChI=1S/C12H15N3/c1-12(2)6-3-5-9-10(12)14-11-13-7-4-8-15(9)11/h4,7-8H,3,5-6H2,1-2H3. The highest BCUT2D eigenvalue weighted by atomic mass is 15.1. The first-order valence-corrected chi connectivity index (χ1v) is 5.51. The summed E-state index contributed by atoms with van der Waals surface area (Å²) in [5.74, 6) is 0.845. The molecule has 3 heteroatoms. The maximum atomic E-state index is 4.66. The summed E-state index contributed by atoms with van der Waals surface area (Å²) in [7, 11) is 0. The number of imidazole rings is 1. The molecular weight excluding hydrogens is 186 g/mol. The Hall–Kier alpha value is -1.38. The number of aromatic nitrogens is 3. The molecule has 15 heavy (non-hydrogen) atoms. The SMILES string of the molecule is CC1(C)CCCc2c1nc1ncccn21. The van der Waals surface area contributed by atoms with Gasteiger partial charge in [0.2, 0.25) is 5.78 Å². The molecule has 0 unspecified atom stereocenters. The fourth-order valence-corrected chi connectivity index (χ4v) is 2.53. The molecule has 0 bridgehead atoms. The van der Waals surface area contributed by atoms with Crippen molar-refractivity contribution in [3.8, 4) is 0 Å². The average molecular weight is 201 g/mol. The van der Waals surface area contributed by atoms with Gasteiger partial charge in [-0.1, -0.05) is 13.8 Å². The molecule has 1 aliphatic rings. The average Bonchev–Trinajstić information content (AvgIpc) is 2.58. The summed E-state index contributed by atoms with van der Waals surface area (Å²) in [5, 5.41) is 0. The molecule has 0 saturated heterocycles. The Morgan fingerprint density at radius 1 is 1.40 bits per heavy atom. The largest absolute Gasteiger partial charge is 0.288 e. The van der Waals surface area contributed by atoms with E-state index in [9.17, 15) is 0 Å². The van der Waals surface area contributed by atoms with Crippen LogP contribution in [0.3, 0.4) is 0 Å². The number of aryl methyl sites for hydroxylation is 1. The van der Waals surface area contributed by atoms with Gasteiger partial charge in [0.1, 0.15) is 0 Å². The van der Waals surface area contributed by atoms with Crippen molar-refractivity contribution in [2.75, 3.05) is 0 Å². The van der Waals surface area contributed by atoms with Gasteiger partial charge in [0.25, 0.3) is 0 Å². The van der Waals surface area contributed by atoms with Crippen LogP contribution in [0.5, 0.6) is 0 Å². The highest BCUT2D eigenvalue weighted by molar-refractivity contribution is 5.39. The zero-order valence-corrected chi connectivity index (χ0v) is 9.20. The first-order chi connectivity index (χ1) is 7.18. The quantitative estimate of drug-likeness (QED) is 0.655. The van der Waals surface area contributed by atoms with Crippen molar-refractivity contribution in [3.63, 3.8) is 0 Å². The maximum Gasteiger partial charge on any atom is 0.234 e. The van der Waals surface area contributed by atoms with Crippen LogP contribution in [0.2, 0.25) is 0 Å². The summed E-state index contributed by atoms with van der Waals surface area (Å²) < 4.78 is 2.14. The van der Waals surface area contributed by atoms with Gasteiger partial charge < -0.3 is 0 Å². The van der Waals surface area contributed by atoms with Crippen molar-refractivity contribution >= 4 is 5.78 Å². The summed E-state index contributed by atoms with van der Waals surface area (Å²) in [5.41, 5.74) is 2.81. The molecule has 0 radical (unpaired) electrons. The molecule has 0 spiro atoms. The molecule has 0 fully saturated rings. The molecule has 0 amide bonds. The van der Waals surface area contributed by atoms with E-state index in [-0.39, 0.29) is 5.41 Å². The smallest absolute Gasteiger partial charge is 0.234 e. The summed E-state index contributed by atoms with van der Waals surface area (Å²) in [4.78, 5) is 8.96. The van der Waals surface area contributed by atoms with Gasteiger partial charge in [-0.25, -0.2) is 9.97 Å². The molecular formula is C12H15N3. The van der Waals surface area contributed by atoms with Crippen LogP contribution in [0.25, 0.3) is 5.78 Å². The van der Waals surface area contributed by atoms with E-state index in [0.717, 1.165) is 12.2 Å². The molecule has 2 aromatic heterocycles. The predicted octanol–water partition coefficient (Wildman–Crippen LogP) is 2.34. The van der Waals surface area contributed by atoms with E-state index in [1.54, 1.807) is 6.20 Å². The Morgan fingerprint density at radius 3 is 3.13 bits per heavy atom. The van der Waals surface area contributed by atoms with E-state index in [1.807, 2.05) is 6.07 Å². The van der Waals surface area contributed by atoms with Gasteiger partial charge in [-0.05, 0) is 25.3 Å². The summed E-state index contributed by atoms with van der Waals surface area (Å²) in [6.07, 6.45) is 7.48. The van der Waals surface area contributed by atoms with Crippen LogP contribution < -0.4 is 0 Å². The lowest BCUT2D eigenvalue weighted by molar-refractivity contribution is 0.418. The Bertz CT molecular complexity index is 511. The second-order valence-electron chi connectivity index (χ2n) is 4.93. The lowest BCUT2D eigenvalue weighted by Gasteiger charge is -2.28. The third kappa shape index (κ3) is 1.19. The van der Waals surface area contributed by atoms with Crippen molar-refractivity contribution < 1.29 is 0 Å². The third-order valence-corrected chi connectivity index (χ3v) is 3.36. The van der Waals surface area contributed by atoms with E-state index in [0.29, 0.717) is 0 Å². The molecule has 3 rings (SSSR count). The van der Waals surface area contributed by atoms with Crippen LogP contribution >= 0.6 is 0 Å². The van der Waals surface area contributed by atoms with E-state index in [1.165, 1.54) is 24.2 Å². The molecule has 0 N–H and O–H groups in total. The third-order valence-electron chi connectivity index (χ3n) is 3.36. The highest BCUT2D eigenvalue weighted by Crippen LogP contribution is 2.35. The first-order valence-electron chi connectivity index (χ1n) is 5.51. The second kappa shape index (κ2) is 2.81. The van der Waals surface area contributed by atoms with Gasteiger partial charge in [0.05, 0.1) is 5.69 Å². The fraction of sp³-hybridized carbons (Fsp3) is 0.500. The zero-order valence-electron chi connectivity index (χ0n) is 9.20. The van der Waals surface area contributed by atoms with Crippen LogP contribution in [0.1, 0.15) is 38.1 Å². The zero-order chi connectivity index (χ0) is 10.5. The van der Waals surface area contributed by atoms with Gasteiger partial charge in [-0.15, -0.1) is 0 Å². The van der Waals surface area contributed by atoms with Gasteiger partial charge in [-0.3, -0.25) is 4.40 Å². The number of nitrogens with zero attached hydrogens (tertiary/aromatic N) is 3. The van der Waals surface area contributed by atoms with Gasteiger partial charge >= 0.3 is 0 Å². The fourth-order valence-electron chi connectivity index (χ4n) is 2.53. The summed E-state index contributed by atoms with van der Waals surface area (Å²) in [6.45, 7) is 4.55. The van der Waals surface area contributed by atoms with Gasteiger partial charge in [-0.2, -0.15) is 0 Å². The van der Waals surface area contributed by atoms with E-state index in [4.69, 9.17) is 0 Å². The Balaban J connectivity index is 2.34. The normalized spacial score (nSPS) is 19.1. The van der Waals surface area contributed by atoms with E-state index < -0.39 is 0 Å². The maximum absolute atomic E-state index is 4.66. The Morgan fingerprint density at radius 2 is 2.27 bits per heavy atom. The van der Waals surface area contributed by atoms with Crippen molar-refractivity contribution in [2.45, 2.75) is 38.5 Å². The molecule has 0 saturated carbocycles. The lowest BCUT2D eigenvalue weighted by Crippen LogP contribution is -2.24. The van der Waals surface area contributed by atoms with Crippen molar-refractivity contribution in [1.82, 2.24) is 14.4 Å². The molecule has 0 atom stereocenters. The topological polar surface area (TPSA) is 30.2 Å². The lowest BCUT2D eigenvalue weighted by atomic mass is 9.78. The number of fused-ring (bicyclic) bond motifs is 3. The molecule has 0 aliphatic heterocycles. The van der Waals surface area contributed by atoms with Crippen molar-refractivity contribution in [1.29, 1.82) is 0 Å². The molecule has 3 nitrogen and oxygen atoms in total. The number of hydrogen-bond donors (Lipinski definition) is 0. The molecule has 2 heterocycles. The minimum atomic E-state index is 0.210. The number of rotatable bonds is 0. The van der Waals surface area contributed by atoms with Crippen LogP contribution in [-0.2, 0) is 11.8 Å². The van der Waals surface area contributed by atoms with E-state index >= 15 is 0 Å².